The largest absolute Gasteiger partial charge is 0.425 e. The van der Waals surface area contributed by atoms with E-state index < -0.39 is 11.1 Å². The molecule has 1 heterocycles. The summed E-state index contributed by atoms with van der Waals surface area (Å²) in [6.07, 6.45) is -3.92. The Balaban J connectivity index is 2.64. The second kappa shape index (κ2) is 4.34. The molecule has 1 aromatic rings. The molecule has 0 unspecified atom stereocenters. The summed E-state index contributed by atoms with van der Waals surface area (Å²) in [6.45, 7) is 0.189. The lowest BCUT2D eigenvalue weighted by atomic mass is 10.3. The van der Waals surface area contributed by atoms with Crippen molar-refractivity contribution in [1.29, 1.82) is 0 Å². The zero-order valence-corrected chi connectivity index (χ0v) is 7.77. The first-order valence-corrected chi connectivity index (χ1v) is 4.52. The Morgan fingerprint density at radius 1 is 1.43 bits per heavy atom. The van der Waals surface area contributed by atoms with Gasteiger partial charge in [-0.05, 0) is 24.1 Å². The third-order valence-corrected chi connectivity index (χ3v) is 2.65. The maximum atomic E-state index is 12.1. The molecule has 0 atom stereocenters. The van der Waals surface area contributed by atoms with Crippen LogP contribution in [0, 0.1) is 0 Å². The Kier molecular flexibility index (Phi) is 3.38. The van der Waals surface area contributed by atoms with E-state index in [1.54, 1.807) is 0 Å². The summed E-state index contributed by atoms with van der Waals surface area (Å²) >= 11 is 0.682. The molecule has 7 heteroatoms. The minimum Gasteiger partial charge on any atom is -0.165 e. The highest BCUT2D eigenvalue weighted by Crippen LogP contribution is 2.34. The van der Waals surface area contributed by atoms with Crippen molar-refractivity contribution in [3.8, 4) is 0 Å². The molecular weight excluding hydrogens is 215 g/mol. The van der Waals surface area contributed by atoms with E-state index in [4.69, 9.17) is 5.53 Å². The quantitative estimate of drug-likeness (QED) is 0.425. The molecule has 0 aliphatic heterocycles. The van der Waals surface area contributed by atoms with Crippen LogP contribution in [-0.2, 0) is 12.6 Å². The molecule has 0 saturated heterocycles. The van der Waals surface area contributed by atoms with Crippen molar-refractivity contribution in [2.75, 3.05) is 6.54 Å². The Bertz CT molecular complexity index is 351. The van der Waals surface area contributed by atoms with Gasteiger partial charge < -0.3 is 0 Å². The molecule has 0 amide bonds. The molecule has 0 saturated carbocycles. The van der Waals surface area contributed by atoms with Crippen molar-refractivity contribution in [3.05, 3.63) is 32.3 Å². The van der Waals surface area contributed by atoms with E-state index in [0.717, 1.165) is 6.07 Å². The van der Waals surface area contributed by atoms with Gasteiger partial charge in [0.05, 0.1) is 0 Å². The van der Waals surface area contributed by atoms with E-state index in [-0.39, 0.29) is 6.54 Å². The van der Waals surface area contributed by atoms with E-state index >= 15 is 0 Å². The van der Waals surface area contributed by atoms with Crippen molar-refractivity contribution >= 4 is 11.3 Å². The normalized spacial score (nSPS) is 11.1. The maximum absolute atomic E-state index is 12.1. The molecule has 0 bridgehead atoms. The second-order valence-corrected chi connectivity index (χ2v) is 3.64. The summed E-state index contributed by atoms with van der Waals surface area (Å²) in [4.78, 5) is 2.47. The molecule has 0 fully saturated rings. The van der Waals surface area contributed by atoms with E-state index in [2.05, 4.69) is 10.0 Å². The number of hydrogen-bond donors (Lipinski definition) is 0. The Hall–Kier alpha value is -1.20. The van der Waals surface area contributed by atoms with Gasteiger partial charge in [-0.15, -0.1) is 11.3 Å². The fourth-order valence-corrected chi connectivity index (χ4v) is 1.73. The third-order valence-electron chi connectivity index (χ3n) is 1.46. The lowest BCUT2D eigenvalue weighted by Gasteiger charge is -2.00. The van der Waals surface area contributed by atoms with Crippen molar-refractivity contribution in [3.63, 3.8) is 0 Å². The van der Waals surface area contributed by atoms with Gasteiger partial charge in [-0.25, -0.2) is 0 Å². The monoisotopic (exact) mass is 221 g/mol. The van der Waals surface area contributed by atoms with Crippen LogP contribution in [0.25, 0.3) is 10.4 Å². The average molecular weight is 221 g/mol. The predicted molar refractivity (Wildman–Crippen MR) is 47.0 cm³/mol. The second-order valence-electron chi connectivity index (χ2n) is 2.47. The molecule has 0 spiro atoms. The van der Waals surface area contributed by atoms with Crippen molar-refractivity contribution in [2.24, 2.45) is 5.11 Å². The molecule has 0 aliphatic carbocycles. The number of hydrogen-bond acceptors (Lipinski definition) is 2. The van der Waals surface area contributed by atoms with Gasteiger partial charge in [0, 0.05) is 16.3 Å². The molecular formula is C7H6F3N3S. The van der Waals surface area contributed by atoms with Crippen molar-refractivity contribution < 1.29 is 13.2 Å². The summed E-state index contributed by atoms with van der Waals surface area (Å²) in [5.74, 6) is 0. The minimum absolute atomic E-state index is 0.189. The summed E-state index contributed by atoms with van der Waals surface area (Å²) in [5.41, 5.74) is 7.96. The highest BCUT2D eigenvalue weighted by molar-refractivity contribution is 7.12. The molecule has 3 nitrogen and oxygen atoms in total. The van der Waals surface area contributed by atoms with Gasteiger partial charge in [0.2, 0.25) is 0 Å². The first-order chi connectivity index (χ1) is 6.54. The van der Waals surface area contributed by atoms with Gasteiger partial charge in [0.15, 0.2) is 0 Å². The van der Waals surface area contributed by atoms with Crippen LogP contribution in [-0.4, -0.2) is 6.54 Å². The van der Waals surface area contributed by atoms with E-state index in [1.807, 2.05) is 0 Å². The van der Waals surface area contributed by atoms with Crippen LogP contribution in [0.1, 0.15) is 9.75 Å². The summed E-state index contributed by atoms with van der Waals surface area (Å²) in [6, 6.07) is 2.44. The first-order valence-electron chi connectivity index (χ1n) is 3.71. The minimum atomic E-state index is -4.28. The number of alkyl halides is 3. The van der Waals surface area contributed by atoms with Crippen LogP contribution in [0.2, 0.25) is 0 Å². The van der Waals surface area contributed by atoms with Crippen molar-refractivity contribution in [2.45, 2.75) is 12.6 Å². The molecule has 0 aliphatic rings. The number of thiophene rings is 1. The Labute approximate surface area is 81.8 Å². The van der Waals surface area contributed by atoms with Gasteiger partial charge >= 0.3 is 6.18 Å². The topological polar surface area (TPSA) is 48.8 Å². The molecule has 0 aromatic carbocycles. The van der Waals surface area contributed by atoms with Gasteiger partial charge in [-0.1, -0.05) is 5.11 Å². The third kappa shape index (κ3) is 2.93. The van der Waals surface area contributed by atoms with Crippen LogP contribution >= 0.6 is 11.3 Å². The van der Waals surface area contributed by atoms with Crippen LogP contribution in [0.5, 0.6) is 0 Å². The maximum Gasteiger partial charge on any atom is 0.425 e. The summed E-state index contributed by atoms with van der Waals surface area (Å²) < 4.78 is 36.4. The summed E-state index contributed by atoms with van der Waals surface area (Å²) in [7, 11) is 0. The van der Waals surface area contributed by atoms with E-state index in [0.29, 0.717) is 22.6 Å². The van der Waals surface area contributed by atoms with E-state index in [9.17, 15) is 13.2 Å². The Morgan fingerprint density at radius 2 is 2.14 bits per heavy atom. The zero-order chi connectivity index (χ0) is 10.6. The highest BCUT2D eigenvalue weighted by atomic mass is 32.1. The molecule has 1 rings (SSSR count). The van der Waals surface area contributed by atoms with Crippen LogP contribution in [0.4, 0.5) is 13.2 Å². The summed E-state index contributed by atoms with van der Waals surface area (Å²) in [5, 5.41) is 3.24. The zero-order valence-electron chi connectivity index (χ0n) is 6.95. The SMILES string of the molecule is [N-]=[N+]=NCCc1ccc(C(F)(F)F)s1. The molecule has 76 valence electrons. The highest BCUT2D eigenvalue weighted by Gasteiger charge is 2.32. The molecule has 14 heavy (non-hydrogen) atoms. The Morgan fingerprint density at radius 3 is 2.64 bits per heavy atom. The number of nitrogens with zero attached hydrogens (tertiary/aromatic N) is 3. The molecule has 1 aromatic heterocycles. The van der Waals surface area contributed by atoms with Crippen LogP contribution in [0.15, 0.2) is 17.2 Å². The lowest BCUT2D eigenvalue weighted by Crippen LogP contribution is -2.00. The number of halogens is 3. The van der Waals surface area contributed by atoms with E-state index in [1.165, 1.54) is 6.07 Å². The van der Waals surface area contributed by atoms with Gasteiger partial charge in [-0.2, -0.15) is 13.2 Å². The van der Waals surface area contributed by atoms with Crippen molar-refractivity contribution in [1.82, 2.24) is 0 Å². The first kappa shape index (κ1) is 10.9. The molecule has 0 N–H and O–H groups in total. The number of rotatable bonds is 3. The predicted octanol–water partition coefficient (Wildman–Crippen LogP) is 3.62. The van der Waals surface area contributed by atoms with Crippen LogP contribution < -0.4 is 0 Å². The average Bonchev–Trinajstić information content (AvgIpc) is 2.52. The van der Waals surface area contributed by atoms with Crippen LogP contribution in [0.3, 0.4) is 0 Å². The fourth-order valence-electron chi connectivity index (χ4n) is 0.870. The number of azide groups is 1. The smallest absolute Gasteiger partial charge is 0.165 e. The van der Waals surface area contributed by atoms with Gasteiger partial charge in [-0.3, -0.25) is 0 Å². The lowest BCUT2D eigenvalue weighted by molar-refractivity contribution is -0.134. The molecule has 0 radical (unpaired) electrons. The fraction of sp³-hybridized carbons (Fsp3) is 0.429. The van der Waals surface area contributed by atoms with Gasteiger partial charge in [0.25, 0.3) is 0 Å². The standard InChI is InChI=1S/C7H6F3N3S/c8-7(9,10)6-2-1-5(14-6)3-4-12-13-11/h1-2H,3-4H2. The van der Waals surface area contributed by atoms with Gasteiger partial charge in [0.1, 0.15) is 4.88 Å².